The zero-order valence-corrected chi connectivity index (χ0v) is 6.59. The Morgan fingerprint density at radius 1 is 1.60 bits per heavy atom. The normalized spacial score (nSPS) is 48.9. The van der Waals surface area contributed by atoms with E-state index in [0.29, 0.717) is 18.1 Å². The van der Waals surface area contributed by atoms with Crippen LogP contribution in [0.5, 0.6) is 0 Å². The van der Waals surface area contributed by atoms with Gasteiger partial charge in [0.25, 0.3) is 0 Å². The molecule has 0 amide bonds. The zero-order valence-electron chi connectivity index (χ0n) is 6.59. The fourth-order valence-corrected chi connectivity index (χ4v) is 2.56. The first-order chi connectivity index (χ1) is 4.68. The van der Waals surface area contributed by atoms with E-state index in [-0.39, 0.29) is 0 Å². The molecule has 2 fully saturated rings. The highest BCUT2D eigenvalue weighted by molar-refractivity contribution is 5.14. The first-order valence-electron chi connectivity index (χ1n) is 4.02. The van der Waals surface area contributed by atoms with Crippen molar-refractivity contribution >= 4 is 0 Å². The van der Waals surface area contributed by atoms with Gasteiger partial charge < -0.3 is 10.4 Å². The molecule has 58 valence electrons. The number of fused-ring (bicyclic) bond motifs is 1. The minimum Gasteiger partial charge on any atom is -0.395 e. The molecular weight excluding hydrogens is 126 g/mol. The van der Waals surface area contributed by atoms with Crippen LogP contribution in [0.1, 0.15) is 13.8 Å². The van der Waals surface area contributed by atoms with E-state index in [1.165, 1.54) is 0 Å². The maximum Gasteiger partial charge on any atom is 0.0587 e. The predicted molar refractivity (Wildman–Crippen MR) is 39.6 cm³/mol. The second-order valence-corrected chi connectivity index (χ2v) is 4.15. The van der Waals surface area contributed by atoms with E-state index < -0.39 is 0 Å². The van der Waals surface area contributed by atoms with Crippen molar-refractivity contribution in [3.05, 3.63) is 0 Å². The van der Waals surface area contributed by atoms with Gasteiger partial charge in [0.2, 0.25) is 0 Å². The smallest absolute Gasteiger partial charge is 0.0587 e. The maximum atomic E-state index is 8.93. The molecule has 0 spiro atoms. The van der Waals surface area contributed by atoms with Crippen LogP contribution in [0.4, 0.5) is 0 Å². The first-order valence-corrected chi connectivity index (χ1v) is 4.02. The number of nitrogens with one attached hydrogen (secondary N) is 1. The van der Waals surface area contributed by atoms with Gasteiger partial charge >= 0.3 is 0 Å². The van der Waals surface area contributed by atoms with E-state index in [1.54, 1.807) is 0 Å². The highest BCUT2D eigenvalue weighted by atomic mass is 16.3. The summed E-state index contributed by atoms with van der Waals surface area (Å²) in [5, 5.41) is 12.2. The predicted octanol–water partition coefficient (Wildman–Crippen LogP) is 0.223. The lowest BCUT2D eigenvalue weighted by Crippen LogP contribution is -2.33. The van der Waals surface area contributed by atoms with Gasteiger partial charge in [0.05, 0.1) is 6.61 Å². The molecule has 0 bridgehead atoms. The van der Waals surface area contributed by atoms with Crippen LogP contribution in [-0.2, 0) is 0 Å². The van der Waals surface area contributed by atoms with Crippen molar-refractivity contribution in [3.8, 4) is 0 Å². The maximum absolute atomic E-state index is 8.93. The Balaban J connectivity index is 2.07. The lowest BCUT2D eigenvalue weighted by molar-refractivity contribution is 0.226. The third-order valence-electron chi connectivity index (χ3n) is 3.37. The molecule has 0 aromatic heterocycles. The number of aliphatic hydroxyl groups is 1. The monoisotopic (exact) mass is 141 g/mol. The van der Waals surface area contributed by atoms with E-state index in [9.17, 15) is 0 Å². The average molecular weight is 141 g/mol. The summed E-state index contributed by atoms with van der Waals surface area (Å²) in [5.41, 5.74) is 0.513. The van der Waals surface area contributed by atoms with Gasteiger partial charge in [0.15, 0.2) is 0 Å². The lowest BCUT2D eigenvalue weighted by atomic mass is 10.0. The van der Waals surface area contributed by atoms with E-state index in [2.05, 4.69) is 19.2 Å². The van der Waals surface area contributed by atoms with Crippen molar-refractivity contribution in [2.24, 2.45) is 17.3 Å². The van der Waals surface area contributed by atoms with E-state index in [1.807, 2.05) is 0 Å². The molecule has 0 aromatic carbocycles. The van der Waals surface area contributed by atoms with Gasteiger partial charge in [-0.2, -0.15) is 0 Å². The highest BCUT2D eigenvalue weighted by Gasteiger charge is 2.63. The van der Waals surface area contributed by atoms with Gasteiger partial charge in [-0.05, 0) is 23.8 Å². The van der Waals surface area contributed by atoms with Gasteiger partial charge in [0.1, 0.15) is 0 Å². The van der Waals surface area contributed by atoms with Crippen LogP contribution in [-0.4, -0.2) is 24.3 Å². The molecule has 1 aliphatic heterocycles. The van der Waals surface area contributed by atoms with Crippen molar-refractivity contribution in [1.29, 1.82) is 0 Å². The molecule has 0 aromatic rings. The van der Waals surface area contributed by atoms with E-state index in [0.717, 1.165) is 18.4 Å². The van der Waals surface area contributed by atoms with E-state index >= 15 is 0 Å². The summed E-state index contributed by atoms with van der Waals surface area (Å²) in [5.74, 6) is 1.59. The van der Waals surface area contributed by atoms with Crippen LogP contribution in [0.25, 0.3) is 0 Å². The standard InChI is InChI=1S/C8H15NO/c1-8(2)5-3-9-6(4-10)7(5)8/h5-7,9-10H,3-4H2,1-2H3/t5?,6-,7+/m1/s1. The van der Waals surface area contributed by atoms with Crippen LogP contribution < -0.4 is 5.32 Å². The number of piperidine rings is 1. The summed E-state index contributed by atoms with van der Waals surface area (Å²) in [4.78, 5) is 0. The Hall–Kier alpha value is -0.0800. The summed E-state index contributed by atoms with van der Waals surface area (Å²) >= 11 is 0. The molecule has 1 heterocycles. The van der Waals surface area contributed by atoms with Crippen LogP contribution in [0.2, 0.25) is 0 Å². The summed E-state index contributed by atoms with van der Waals surface area (Å²) < 4.78 is 0. The van der Waals surface area contributed by atoms with Crippen molar-refractivity contribution in [1.82, 2.24) is 5.32 Å². The second-order valence-electron chi connectivity index (χ2n) is 4.15. The molecule has 3 atom stereocenters. The van der Waals surface area contributed by atoms with Gasteiger partial charge in [-0.3, -0.25) is 0 Å². The average Bonchev–Trinajstić information content (AvgIpc) is 2.28. The molecule has 2 rings (SSSR count). The Kier molecular flexibility index (Phi) is 1.15. The van der Waals surface area contributed by atoms with Crippen LogP contribution >= 0.6 is 0 Å². The molecule has 2 heteroatoms. The SMILES string of the molecule is CC1(C)C2CN[C@H](CO)[C@H]21. The number of rotatable bonds is 1. The molecule has 0 radical (unpaired) electrons. The summed E-state index contributed by atoms with van der Waals surface area (Å²) in [6.07, 6.45) is 0. The number of hydrogen-bond acceptors (Lipinski definition) is 2. The highest BCUT2D eigenvalue weighted by Crippen LogP contribution is 2.62. The quantitative estimate of drug-likeness (QED) is 0.547. The second kappa shape index (κ2) is 1.74. The van der Waals surface area contributed by atoms with Crippen molar-refractivity contribution in [2.45, 2.75) is 19.9 Å². The van der Waals surface area contributed by atoms with Crippen molar-refractivity contribution < 1.29 is 5.11 Å². The minimum atomic E-state index is 0.310. The van der Waals surface area contributed by atoms with Gasteiger partial charge in [-0.1, -0.05) is 13.8 Å². The summed E-state index contributed by atoms with van der Waals surface area (Å²) in [6.45, 7) is 6.02. The molecule has 10 heavy (non-hydrogen) atoms. The van der Waals surface area contributed by atoms with Crippen LogP contribution in [0.3, 0.4) is 0 Å². The Labute approximate surface area is 61.6 Å². The molecule has 1 saturated carbocycles. The molecular formula is C8H15NO. The lowest BCUT2D eigenvalue weighted by Gasteiger charge is -2.15. The fraction of sp³-hybridized carbons (Fsp3) is 1.00. The molecule has 2 aliphatic rings. The first kappa shape index (κ1) is 6.62. The van der Waals surface area contributed by atoms with Crippen molar-refractivity contribution in [2.75, 3.05) is 13.2 Å². The van der Waals surface area contributed by atoms with Crippen LogP contribution in [0.15, 0.2) is 0 Å². The number of hydrogen-bond donors (Lipinski definition) is 2. The zero-order chi connectivity index (χ0) is 7.35. The third kappa shape index (κ3) is 0.611. The molecule has 1 unspecified atom stereocenters. The molecule has 1 aliphatic carbocycles. The Bertz CT molecular complexity index is 155. The summed E-state index contributed by atoms with van der Waals surface area (Å²) in [6, 6.07) is 0.389. The van der Waals surface area contributed by atoms with Gasteiger partial charge in [-0.15, -0.1) is 0 Å². The van der Waals surface area contributed by atoms with Gasteiger partial charge in [0, 0.05) is 6.04 Å². The minimum absolute atomic E-state index is 0.310. The van der Waals surface area contributed by atoms with E-state index in [4.69, 9.17) is 5.11 Å². The van der Waals surface area contributed by atoms with Crippen LogP contribution in [0, 0.1) is 17.3 Å². The largest absolute Gasteiger partial charge is 0.395 e. The van der Waals surface area contributed by atoms with Crippen molar-refractivity contribution in [3.63, 3.8) is 0 Å². The molecule has 2 nitrogen and oxygen atoms in total. The molecule has 1 saturated heterocycles. The van der Waals surface area contributed by atoms with Gasteiger partial charge in [-0.25, -0.2) is 0 Å². The Morgan fingerprint density at radius 3 is 2.60 bits per heavy atom. The summed E-state index contributed by atoms with van der Waals surface area (Å²) in [7, 11) is 0. The molecule has 2 N–H and O–H groups in total. The topological polar surface area (TPSA) is 32.3 Å². The number of aliphatic hydroxyl groups excluding tert-OH is 1. The third-order valence-corrected chi connectivity index (χ3v) is 3.37. The Morgan fingerprint density at radius 2 is 2.30 bits per heavy atom. The fourth-order valence-electron chi connectivity index (χ4n) is 2.56.